The summed E-state index contributed by atoms with van der Waals surface area (Å²) in [6.07, 6.45) is 2.91. The second-order valence-electron chi connectivity index (χ2n) is 10.5. The van der Waals surface area contributed by atoms with Crippen LogP contribution in [0.5, 0.6) is 11.6 Å². The van der Waals surface area contributed by atoms with E-state index < -0.39 is 11.7 Å². The molecule has 202 valence electrons. The third kappa shape index (κ3) is 6.14. The maximum absolute atomic E-state index is 13.1. The van der Waals surface area contributed by atoms with Crippen molar-refractivity contribution in [1.82, 2.24) is 19.4 Å². The standard InChI is InChI=1S/C30H33N5O4/c1-20-16-35(19-31-20)24-13-12-23(15-25(24)37-5)32-27-14-11-22-17-34(29(36)39-30(2,3)4)18-26(38-28(22)33-27)21-9-7-6-8-10-21/h6-16,19,26H,17-18H2,1-5H3,(H,32,33). The summed E-state index contributed by atoms with van der Waals surface area (Å²) < 4.78 is 19.7. The Bertz CT molecular complexity index is 1460. The number of amides is 1. The summed E-state index contributed by atoms with van der Waals surface area (Å²) in [6.45, 7) is 8.19. The minimum absolute atomic E-state index is 0.327. The number of aromatic nitrogens is 3. The van der Waals surface area contributed by atoms with E-state index in [2.05, 4.69) is 10.3 Å². The molecule has 0 spiro atoms. The summed E-state index contributed by atoms with van der Waals surface area (Å²) in [6, 6.07) is 19.5. The van der Waals surface area contributed by atoms with Crippen LogP contribution in [0.2, 0.25) is 0 Å². The van der Waals surface area contributed by atoms with Crippen LogP contribution in [0.15, 0.2) is 73.2 Å². The lowest BCUT2D eigenvalue weighted by atomic mass is 10.1. The molecule has 39 heavy (non-hydrogen) atoms. The molecule has 0 bridgehead atoms. The van der Waals surface area contributed by atoms with Crippen LogP contribution in [0.3, 0.4) is 0 Å². The highest BCUT2D eigenvalue weighted by atomic mass is 16.6. The quantitative estimate of drug-likeness (QED) is 0.330. The third-order valence-corrected chi connectivity index (χ3v) is 6.21. The molecule has 0 radical (unpaired) electrons. The van der Waals surface area contributed by atoms with Gasteiger partial charge >= 0.3 is 6.09 Å². The molecule has 1 N–H and O–H groups in total. The summed E-state index contributed by atoms with van der Waals surface area (Å²) in [5.74, 6) is 1.78. The Balaban J connectivity index is 1.43. The number of rotatable bonds is 5. The van der Waals surface area contributed by atoms with Crippen LogP contribution in [-0.2, 0) is 11.3 Å². The Morgan fingerprint density at radius 1 is 1.10 bits per heavy atom. The van der Waals surface area contributed by atoms with E-state index in [1.54, 1.807) is 18.3 Å². The lowest BCUT2D eigenvalue weighted by Gasteiger charge is -2.28. The molecule has 0 saturated heterocycles. The number of ether oxygens (including phenoxy) is 3. The number of hydrogen-bond acceptors (Lipinski definition) is 7. The number of carbonyl (C=O) groups excluding carboxylic acids is 1. The number of aryl methyl sites for hydroxylation is 1. The highest BCUT2D eigenvalue weighted by Gasteiger charge is 2.31. The van der Waals surface area contributed by atoms with Gasteiger partial charge in [0.25, 0.3) is 0 Å². The number of pyridine rings is 1. The second-order valence-corrected chi connectivity index (χ2v) is 10.5. The van der Waals surface area contributed by atoms with Crippen LogP contribution in [-0.4, -0.2) is 44.8 Å². The molecule has 9 heteroatoms. The van der Waals surface area contributed by atoms with Crippen molar-refractivity contribution in [2.24, 2.45) is 0 Å². The molecule has 1 unspecified atom stereocenters. The van der Waals surface area contributed by atoms with E-state index in [0.717, 1.165) is 28.2 Å². The van der Waals surface area contributed by atoms with Crippen LogP contribution in [0, 0.1) is 6.92 Å². The van der Waals surface area contributed by atoms with Crippen molar-refractivity contribution < 1.29 is 19.0 Å². The first-order valence-electron chi connectivity index (χ1n) is 12.8. The maximum Gasteiger partial charge on any atom is 0.410 e. The molecule has 1 atom stereocenters. The van der Waals surface area contributed by atoms with Crippen molar-refractivity contribution >= 4 is 17.6 Å². The topological polar surface area (TPSA) is 90.7 Å². The smallest absolute Gasteiger partial charge is 0.410 e. The Morgan fingerprint density at radius 2 is 1.90 bits per heavy atom. The van der Waals surface area contributed by atoms with Gasteiger partial charge in [0.1, 0.15) is 23.3 Å². The molecule has 1 aliphatic heterocycles. The summed E-state index contributed by atoms with van der Waals surface area (Å²) in [4.78, 5) is 23.8. The van der Waals surface area contributed by atoms with E-state index in [4.69, 9.17) is 19.2 Å². The molecule has 0 aliphatic carbocycles. The van der Waals surface area contributed by atoms with Gasteiger partial charge in [-0.15, -0.1) is 0 Å². The number of fused-ring (bicyclic) bond motifs is 1. The Hall–Kier alpha value is -4.53. The number of imidazole rings is 1. The summed E-state index contributed by atoms with van der Waals surface area (Å²) in [5.41, 5.74) is 3.77. The summed E-state index contributed by atoms with van der Waals surface area (Å²) >= 11 is 0. The summed E-state index contributed by atoms with van der Waals surface area (Å²) in [7, 11) is 1.64. The number of anilines is 2. The first-order chi connectivity index (χ1) is 18.7. The monoisotopic (exact) mass is 527 g/mol. The van der Waals surface area contributed by atoms with E-state index in [0.29, 0.717) is 30.5 Å². The number of methoxy groups -OCH3 is 1. The van der Waals surface area contributed by atoms with Gasteiger partial charge in [-0.3, -0.25) is 4.90 Å². The minimum Gasteiger partial charge on any atom is -0.494 e. The minimum atomic E-state index is -0.603. The number of nitrogens with one attached hydrogen (secondary N) is 1. The first kappa shape index (κ1) is 26.1. The van der Waals surface area contributed by atoms with Crippen LogP contribution in [0.25, 0.3) is 5.69 Å². The zero-order valence-corrected chi connectivity index (χ0v) is 22.8. The van der Waals surface area contributed by atoms with Gasteiger partial charge < -0.3 is 24.1 Å². The van der Waals surface area contributed by atoms with E-state index in [-0.39, 0.29) is 6.09 Å². The van der Waals surface area contributed by atoms with E-state index in [1.807, 2.05) is 99.1 Å². The Morgan fingerprint density at radius 3 is 2.59 bits per heavy atom. The molecule has 4 aromatic rings. The largest absolute Gasteiger partial charge is 0.494 e. The van der Waals surface area contributed by atoms with Gasteiger partial charge in [0.2, 0.25) is 5.88 Å². The number of carbonyl (C=O) groups is 1. The fourth-order valence-corrected chi connectivity index (χ4v) is 4.38. The molecule has 9 nitrogen and oxygen atoms in total. The van der Waals surface area contributed by atoms with Gasteiger partial charge in [0.05, 0.1) is 37.9 Å². The molecule has 0 saturated carbocycles. The first-order valence-corrected chi connectivity index (χ1v) is 12.8. The molecule has 2 aromatic carbocycles. The van der Waals surface area contributed by atoms with Gasteiger partial charge in [-0.2, -0.15) is 4.98 Å². The molecule has 0 fully saturated rings. The number of nitrogens with zero attached hydrogens (tertiary/aromatic N) is 4. The molecule has 1 aliphatic rings. The molecule has 3 heterocycles. The Kier molecular flexibility index (Phi) is 7.15. The third-order valence-electron chi connectivity index (χ3n) is 6.21. The van der Waals surface area contributed by atoms with Crippen molar-refractivity contribution in [3.8, 4) is 17.3 Å². The van der Waals surface area contributed by atoms with Crippen molar-refractivity contribution in [2.45, 2.75) is 45.9 Å². The molecular weight excluding hydrogens is 494 g/mol. The van der Waals surface area contributed by atoms with Crippen molar-refractivity contribution in [2.75, 3.05) is 19.0 Å². The lowest BCUT2D eigenvalue weighted by molar-refractivity contribution is 0.0177. The molecule has 5 rings (SSSR count). The molecule has 1 amide bonds. The van der Waals surface area contributed by atoms with Gasteiger partial charge in [-0.25, -0.2) is 9.78 Å². The van der Waals surface area contributed by atoms with E-state index >= 15 is 0 Å². The van der Waals surface area contributed by atoms with Crippen molar-refractivity contribution in [3.05, 3.63) is 90.0 Å². The average Bonchev–Trinajstić information content (AvgIpc) is 3.24. The number of hydrogen-bond donors (Lipinski definition) is 1. The molecular formula is C30H33N5O4. The van der Waals surface area contributed by atoms with Crippen LogP contribution >= 0.6 is 0 Å². The fourth-order valence-electron chi connectivity index (χ4n) is 4.38. The van der Waals surface area contributed by atoms with Gasteiger partial charge in [0.15, 0.2) is 0 Å². The van der Waals surface area contributed by atoms with E-state index in [9.17, 15) is 4.79 Å². The Labute approximate surface area is 228 Å². The average molecular weight is 528 g/mol. The van der Waals surface area contributed by atoms with Crippen LogP contribution < -0.4 is 14.8 Å². The zero-order valence-electron chi connectivity index (χ0n) is 22.8. The van der Waals surface area contributed by atoms with E-state index in [1.165, 1.54) is 0 Å². The highest BCUT2D eigenvalue weighted by molar-refractivity contribution is 5.69. The van der Waals surface area contributed by atoms with Gasteiger partial charge in [0, 0.05) is 23.5 Å². The lowest BCUT2D eigenvalue weighted by Crippen LogP contribution is -2.38. The van der Waals surface area contributed by atoms with Gasteiger partial charge in [-0.1, -0.05) is 30.3 Å². The van der Waals surface area contributed by atoms with Crippen LogP contribution in [0.4, 0.5) is 16.3 Å². The maximum atomic E-state index is 13.1. The molecule has 2 aromatic heterocycles. The normalized spacial score (nSPS) is 15.1. The zero-order chi connectivity index (χ0) is 27.6. The predicted molar refractivity (Wildman–Crippen MR) is 149 cm³/mol. The van der Waals surface area contributed by atoms with Gasteiger partial charge in [-0.05, 0) is 57.5 Å². The highest BCUT2D eigenvalue weighted by Crippen LogP contribution is 2.33. The summed E-state index contributed by atoms with van der Waals surface area (Å²) in [5, 5.41) is 3.35. The SMILES string of the molecule is COc1cc(Nc2ccc3c(n2)OC(c2ccccc2)CN(C(=O)OC(C)(C)C)C3)ccc1-n1cnc(C)c1. The fraction of sp³-hybridized carbons (Fsp3) is 0.300. The number of benzene rings is 2. The predicted octanol–water partition coefficient (Wildman–Crippen LogP) is 6.20. The van der Waals surface area contributed by atoms with Crippen LogP contribution in [0.1, 0.15) is 43.7 Å². The van der Waals surface area contributed by atoms with Crippen molar-refractivity contribution in [1.29, 1.82) is 0 Å². The van der Waals surface area contributed by atoms with Crippen molar-refractivity contribution in [3.63, 3.8) is 0 Å². The second kappa shape index (κ2) is 10.7.